The van der Waals surface area contributed by atoms with Crippen LogP contribution < -0.4 is 0 Å². The second kappa shape index (κ2) is 4.72. The van der Waals surface area contributed by atoms with Gasteiger partial charge >= 0.3 is 0 Å². The Hall–Kier alpha value is -1.22. The molecule has 0 aliphatic rings. The molecule has 0 bridgehead atoms. The van der Waals surface area contributed by atoms with Crippen molar-refractivity contribution in [2.75, 3.05) is 0 Å². The number of hydrogen-bond donors (Lipinski definition) is 0. The summed E-state index contributed by atoms with van der Waals surface area (Å²) in [6.45, 7) is 4.29. The Bertz CT molecular complexity index is 315. The third-order valence-corrected chi connectivity index (χ3v) is 2.27. The Morgan fingerprint density at radius 3 is 2.69 bits per heavy atom. The van der Waals surface area contributed by atoms with E-state index >= 15 is 0 Å². The number of aryl methyl sites for hydroxylation is 2. The monoisotopic (exact) mass is 172 g/mol. The first-order valence-electron chi connectivity index (χ1n) is 4.84. The molecule has 0 spiro atoms. The molecule has 68 valence electrons. The topological polar surface area (TPSA) is 0 Å². The Morgan fingerprint density at radius 2 is 2.15 bits per heavy atom. The third-order valence-electron chi connectivity index (χ3n) is 2.27. The van der Waals surface area contributed by atoms with Gasteiger partial charge in [0.05, 0.1) is 0 Å². The van der Waals surface area contributed by atoms with Crippen LogP contribution in [0.25, 0.3) is 0 Å². The summed E-state index contributed by atoms with van der Waals surface area (Å²) in [5.41, 5.74) is 3.63. The van der Waals surface area contributed by atoms with E-state index in [2.05, 4.69) is 31.9 Å². The summed E-state index contributed by atoms with van der Waals surface area (Å²) in [6, 6.07) is 6.38. The molecular weight excluding hydrogens is 156 g/mol. The summed E-state index contributed by atoms with van der Waals surface area (Å²) in [7, 11) is 0. The fraction of sp³-hybridized carbons (Fsp3) is 0.385. The second-order valence-corrected chi connectivity index (χ2v) is 3.40. The number of benzene rings is 1. The first-order chi connectivity index (χ1) is 6.27. The van der Waals surface area contributed by atoms with E-state index in [1.54, 1.807) is 0 Å². The SMILES string of the molecule is C#Cc1ccc(CCCC)cc1C. The fourth-order valence-electron chi connectivity index (χ4n) is 1.42. The first-order valence-corrected chi connectivity index (χ1v) is 4.84. The van der Waals surface area contributed by atoms with E-state index in [-0.39, 0.29) is 0 Å². The zero-order chi connectivity index (χ0) is 9.68. The smallest absolute Gasteiger partial charge is 0.0271 e. The summed E-state index contributed by atoms with van der Waals surface area (Å²) >= 11 is 0. The minimum Gasteiger partial charge on any atom is -0.115 e. The Labute approximate surface area is 81.0 Å². The minimum atomic E-state index is 1.01. The van der Waals surface area contributed by atoms with Crippen molar-refractivity contribution in [3.05, 3.63) is 34.9 Å². The van der Waals surface area contributed by atoms with Crippen molar-refractivity contribution >= 4 is 0 Å². The van der Waals surface area contributed by atoms with Gasteiger partial charge in [0.2, 0.25) is 0 Å². The Kier molecular flexibility index (Phi) is 3.58. The van der Waals surface area contributed by atoms with Gasteiger partial charge in [-0.05, 0) is 37.0 Å². The van der Waals surface area contributed by atoms with Gasteiger partial charge in [0, 0.05) is 5.56 Å². The molecular formula is C13H16. The van der Waals surface area contributed by atoms with Crippen molar-refractivity contribution in [2.24, 2.45) is 0 Å². The van der Waals surface area contributed by atoms with E-state index in [0.29, 0.717) is 0 Å². The number of unbranched alkanes of at least 4 members (excludes halogenated alkanes) is 1. The number of rotatable bonds is 3. The molecule has 0 amide bonds. The molecule has 0 nitrogen and oxygen atoms in total. The normalized spacial score (nSPS) is 9.62. The minimum absolute atomic E-state index is 1.01. The summed E-state index contributed by atoms with van der Waals surface area (Å²) in [5, 5.41) is 0. The molecule has 1 aromatic carbocycles. The van der Waals surface area contributed by atoms with E-state index in [9.17, 15) is 0 Å². The van der Waals surface area contributed by atoms with Crippen molar-refractivity contribution in [1.29, 1.82) is 0 Å². The van der Waals surface area contributed by atoms with Gasteiger partial charge in [-0.25, -0.2) is 0 Å². The van der Waals surface area contributed by atoms with Gasteiger partial charge in [0.15, 0.2) is 0 Å². The van der Waals surface area contributed by atoms with E-state index < -0.39 is 0 Å². The summed E-state index contributed by atoms with van der Waals surface area (Å²) < 4.78 is 0. The van der Waals surface area contributed by atoms with Crippen LogP contribution in [0, 0.1) is 19.3 Å². The van der Waals surface area contributed by atoms with Crippen LogP contribution in [0.3, 0.4) is 0 Å². The average Bonchev–Trinajstić information content (AvgIpc) is 2.15. The Balaban J connectivity index is 2.79. The van der Waals surface area contributed by atoms with Crippen LogP contribution in [-0.2, 0) is 6.42 Å². The van der Waals surface area contributed by atoms with Crippen LogP contribution in [0.4, 0.5) is 0 Å². The van der Waals surface area contributed by atoms with Crippen LogP contribution in [0.5, 0.6) is 0 Å². The summed E-state index contributed by atoms with van der Waals surface area (Å²) in [6.07, 6.45) is 9.02. The van der Waals surface area contributed by atoms with E-state index in [1.165, 1.54) is 30.4 Å². The van der Waals surface area contributed by atoms with Crippen LogP contribution in [0.15, 0.2) is 18.2 Å². The van der Waals surface area contributed by atoms with Gasteiger partial charge in [-0.2, -0.15) is 0 Å². The quantitative estimate of drug-likeness (QED) is 0.613. The molecule has 0 aromatic heterocycles. The molecule has 0 radical (unpaired) electrons. The van der Waals surface area contributed by atoms with Crippen molar-refractivity contribution in [3.63, 3.8) is 0 Å². The summed E-state index contributed by atoms with van der Waals surface area (Å²) in [4.78, 5) is 0. The summed E-state index contributed by atoms with van der Waals surface area (Å²) in [5.74, 6) is 2.68. The van der Waals surface area contributed by atoms with Gasteiger partial charge in [0.1, 0.15) is 0 Å². The van der Waals surface area contributed by atoms with Crippen LogP contribution in [0.1, 0.15) is 36.5 Å². The lowest BCUT2D eigenvalue weighted by Crippen LogP contribution is -1.88. The zero-order valence-electron chi connectivity index (χ0n) is 8.43. The van der Waals surface area contributed by atoms with Crippen LogP contribution in [0.2, 0.25) is 0 Å². The molecule has 0 aliphatic heterocycles. The highest BCUT2D eigenvalue weighted by Crippen LogP contribution is 2.12. The molecule has 1 rings (SSSR count). The zero-order valence-corrected chi connectivity index (χ0v) is 8.43. The van der Waals surface area contributed by atoms with Gasteiger partial charge in [-0.3, -0.25) is 0 Å². The molecule has 0 atom stereocenters. The molecule has 0 N–H and O–H groups in total. The van der Waals surface area contributed by atoms with Crippen molar-refractivity contribution in [2.45, 2.75) is 33.1 Å². The molecule has 13 heavy (non-hydrogen) atoms. The molecule has 0 unspecified atom stereocenters. The maximum absolute atomic E-state index is 5.35. The number of terminal acetylenes is 1. The fourth-order valence-corrected chi connectivity index (χ4v) is 1.42. The van der Waals surface area contributed by atoms with Crippen molar-refractivity contribution in [3.8, 4) is 12.3 Å². The molecule has 0 saturated heterocycles. The van der Waals surface area contributed by atoms with Gasteiger partial charge in [-0.1, -0.05) is 31.4 Å². The third kappa shape index (κ3) is 2.63. The molecule has 0 fully saturated rings. The predicted molar refractivity (Wildman–Crippen MR) is 57.7 cm³/mol. The lowest BCUT2D eigenvalue weighted by atomic mass is 10.0. The molecule has 0 heterocycles. The average molecular weight is 172 g/mol. The van der Waals surface area contributed by atoms with Gasteiger partial charge < -0.3 is 0 Å². The van der Waals surface area contributed by atoms with Crippen molar-refractivity contribution in [1.82, 2.24) is 0 Å². The maximum atomic E-state index is 5.35. The van der Waals surface area contributed by atoms with E-state index in [4.69, 9.17) is 6.42 Å². The maximum Gasteiger partial charge on any atom is 0.0271 e. The molecule has 1 aromatic rings. The van der Waals surface area contributed by atoms with E-state index in [1.807, 2.05) is 6.07 Å². The molecule has 0 heteroatoms. The lowest BCUT2D eigenvalue weighted by molar-refractivity contribution is 0.794. The Morgan fingerprint density at radius 1 is 1.38 bits per heavy atom. The van der Waals surface area contributed by atoms with Gasteiger partial charge in [0.25, 0.3) is 0 Å². The van der Waals surface area contributed by atoms with Crippen LogP contribution >= 0.6 is 0 Å². The van der Waals surface area contributed by atoms with Crippen molar-refractivity contribution < 1.29 is 0 Å². The van der Waals surface area contributed by atoms with Crippen LogP contribution in [-0.4, -0.2) is 0 Å². The highest BCUT2D eigenvalue weighted by atomic mass is 14.0. The molecule has 0 aliphatic carbocycles. The van der Waals surface area contributed by atoms with Gasteiger partial charge in [-0.15, -0.1) is 6.42 Å². The van der Waals surface area contributed by atoms with E-state index in [0.717, 1.165) is 5.56 Å². The first kappa shape index (κ1) is 9.86. The standard InChI is InChI=1S/C13H16/c1-4-6-7-12-8-9-13(5-2)11(3)10-12/h2,8-10H,4,6-7H2,1,3H3. The predicted octanol–water partition coefficient (Wildman–Crippen LogP) is 3.32. The second-order valence-electron chi connectivity index (χ2n) is 3.40. The largest absolute Gasteiger partial charge is 0.115 e. The lowest BCUT2D eigenvalue weighted by Gasteiger charge is -2.03. The highest BCUT2D eigenvalue weighted by molar-refractivity contribution is 5.41. The number of hydrogen-bond acceptors (Lipinski definition) is 0. The molecule has 0 saturated carbocycles. The highest BCUT2D eigenvalue weighted by Gasteiger charge is 1.96.